The number of amides is 1. The van der Waals surface area contributed by atoms with E-state index in [0.29, 0.717) is 35.1 Å². The van der Waals surface area contributed by atoms with Crippen molar-refractivity contribution in [3.8, 4) is 5.69 Å². The van der Waals surface area contributed by atoms with Gasteiger partial charge in [0.15, 0.2) is 15.0 Å². The molecule has 1 amide bonds. The lowest BCUT2D eigenvalue weighted by molar-refractivity contribution is 0.0219. The number of hydrogen-bond donors (Lipinski definition) is 0. The minimum Gasteiger partial charge on any atom is -0.444 e. The van der Waals surface area contributed by atoms with Gasteiger partial charge in [-0.15, -0.1) is 0 Å². The fraction of sp³-hybridized carbons (Fsp3) is 0.450. The van der Waals surface area contributed by atoms with E-state index >= 15 is 0 Å². The summed E-state index contributed by atoms with van der Waals surface area (Å²) in [7, 11) is -3.33. The number of nitrogens with zero attached hydrogens (tertiary/aromatic N) is 3. The van der Waals surface area contributed by atoms with Crippen molar-refractivity contribution in [2.45, 2.75) is 49.4 Å². The minimum absolute atomic E-state index is 0.184. The van der Waals surface area contributed by atoms with Gasteiger partial charge in [0.1, 0.15) is 5.60 Å². The second-order valence-electron chi connectivity index (χ2n) is 8.08. The molecule has 2 heterocycles. The number of sulfone groups is 1. The van der Waals surface area contributed by atoms with Crippen molar-refractivity contribution in [3.63, 3.8) is 0 Å². The van der Waals surface area contributed by atoms with Gasteiger partial charge in [0.2, 0.25) is 0 Å². The first-order chi connectivity index (χ1) is 13.9. The van der Waals surface area contributed by atoms with Gasteiger partial charge in [0, 0.05) is 18.4 Å². The first kappa shape index (κ1) is 22.4. The number of aromatic nitrogens is 2. The van der Waals surface area contributed by atoms with E-state index in [1.807, 2.05) is 6.26 Å². The molecule has 0 spiro atoms. The van der Waals surface area contributed by atoms with E-state index in [1.54, 1.807) is 37.8 Å². The summed E-state index contributed by atoms with van der Waals surface area (Å²) in [4.78, 5) is 32.0. The SMILES string of the molecule is CSc1nc2c(c(=O)n1-c1ccc(S(C)(=O)=O)cc1)CCN(C(=O)OC(C)(C)C)C2. The monoisotopic (exact) mass is 451 g/mol. The molecule has 1 aromatic carbocycles. The van der Waals surface area contributed by atoms with Crippen LogP contribution < -0.4 is 5.56 Å². The van der Waals surface area contributed by atoms with Crippen molar-refractivity contribution in [3.05, 3.63) is 45.9 Å². The van der Waals surface area contributed by atoms with Crippen LogP contribution in [0.5, 0.6) is 0 Å². The van der Waals surface area contributed by atoms with E-state index in [2.05, 4.69) is 4.98 Å². The van der Waals surface area contributed by atoms with Crippen molar-refractivity contribution in [1.82, 2.24) is 14.5 Å². The highest BCUT2D eigenvalue weighted by Gasteiger charge is 2.29. The Morgan fingerprint density at radius 3 is 2.37 bits per heavy atom. The number of fused-ring (bicyclic) bond motifs is 1. The topological polar surface area (TPSA) is 98.6 Å². The highest BCUT2D eigenvalue weighted by atomic mass is 32.2. The highest BCUT2D eigenvalue weighted by molar-refractivity contribution is 7.98. The van der Waals surface area contributed by atoms with E-state index < -0.39 is 21.5 Å². The van der Waals surface area contributed by atoms with Crippen molar-refractivity contribution in [2.24, 2.45) is 0 Å². The molecule has 162 valence electrons. The molecule has 8 nitrogen and oxygen atoms in total. The van der Waals surface area contributed by atoms with Crippen LogP contribution in [0.15, 0.2) is 39.1 Å². The molecule has 1 aromatic heterocycles. The maximum Gasteiger partial charge on any atom is 0.410 e. The molecule has 0 saturated heterocycles. The van der Waals surface area contributed by atoms with Crippen LogP contribution in [0.1, 0.15) is 32.0 Å². The van der Waals surface area contributed by atoms with Crippen LogP contribution >= 0.6 is 11.8 Å². The number of benzene rings is 1. The van der Waals surface area contributed by atoms with Gasteiger partial charge in [-0.2, -0.15) is 0 Å². The van der Waals surface area contributed by atoms with Crippen molar-refractivity contribution in [2.75, 3.05) is 19.1 Å². The maximum atomic E-state index is 13.2. The zero-order valence-corrected chi connectivity index (χ0v) is 19.3. The lowest BCUT2D eigenvalue weighted by Crippen LogP contribution is -2.42. The van der Waals surface area contributed by atoms with Crippen molar-refractivity contribution < 1.29 is 17.9 Å². The van der Waals surface area contributed by atoms with Gasteiger partial charge in [0.05, 0.1) is 22.8 Å². The molecule has 30 heavy (non-hydrogen) atoms. The molecule has 0 fully saturated rings. The smallest absolute Gasteiger partial charge is 0.410 e. The highest BCUT2D eigenvalue weighted by Crippen LogP contribution is 2.23. The Hall–Kier alpha value is -2.33. The summed E-state index contributed by atoms with van der Waals surface area (Å²) in [5.41, 5.74) is 0.851. The zero-order valence-electron chi connectivity index (χ0n) is 17.6. The number of carbonyl (C=O) groups excluding carboxylic acids is 1. The molecule has 0 atom stereocenters. The summed E-state index contributed by atoms with van der Waals surface area (Å²) in [6.45, 7) is 5.99. The number of carbonyl (C=O) groups is 1. The molecule has 0 aliphatic carbocycles. The lowest BCUT2D eigenvalue weighted by Gasteiger charge is -2.31. The molecule has 10 heteroatoms. The predicted molar refractivity (Wildman–Crippen MR) is 115 cm³/mol. The van der Waals surface area contributed by atoms with Crippen LogP contribution in [-0.2, 0) is 27.5 Å². The van der Waals surface area contributed by atoms with E-state index in [0.717, 1.165) is 6.26 Å². The van der Waals surface area contributed by atoms with E-state index in [9.17, 15) is 18.0 Å². The third-order valence-corrected chi connectivity index (χ3v) is 6.33. The van der Waals surface area contributed by atoms with Crippen molar-refractivity contribution >= 4 is 27.7 Å². The maximum absolute atomic E-state index is 13.2. The van der Waals surface area contributed by atoms with Crippen LogP contribution in [0.2, 0.25) is 0 Å². The van der Waals surface area contributed by atoms with Crippen LogP contribution in [-0.4, -0.2) is 53.6 Å². The molecule has 2 aromatic rings. The average molecular weight is 452 g/mol. The molecular weight excluding hydrogens is 426 g/mol. The third-order valence-electron chi connectivity index (χ3n) is 4.56. The zero-order chi connectivity index (χ0) is 22.3. The predicted octanol–water partition coefficient (Wildman–Crippen LogP) is 2.65. The van der Waals surface area contributed by atoms with Gasteiger partial charge in [-0.1, -0.05) is 11.8 Å². The number of hydrogen-bond acceptors (Lipinski definition) is 7. The van der Waals surface area contributed by atoms with Gasteiger partial charge in [0.25, 0.3) is 5.56 Å². The van der Waals surface area contributed by atoms with Crippen LogP contribution in [0.4, 0.5) is 4.79 Å². The molecule has 0 unspecified atom stereocenters. The van der Waals surface area contributed by atoms with Gasteiger partial charge < -0.3 is 9.64 Å². The summed E-state index contributed by atoms with van der Waals surface area (Å²) in [6, 6.07) is 6.15. The molecular formula is C20H25N3O5S2. The van der Waals surface area contributed by atoms with Gasteiger partial charge in [-0.05, 0) is 57.7 Å². The molecule has 3 rings (SSSR count). The van der Waals surface area contributed by atoms with Gasteiger partial charge >= 0.3 is 6.09 Å². The van der Waals surface area contributed by atoms with E-state index in [1.165, 1.54) is 28.5 Å². The normalized spacial score (nSPS) is 14.4. The Labute approximate surface area is 180 Å². The lowest BCUT2D eigenvalue weighted by atomic mass is 10.1. The minimum atomic E-state index is -3.33. The fourth-order valence-electron chi connectivity index (χ4n) is 3.16. The quantitative estimate of drug-likeness (QED) is 0.523. The molecule has 0 bridgehead atoms. The molecule has 0 radical (unpaired) electrons. The summed E-state index contributed by atoms with van der Waals surface area (Å²) in [5, 5.41) is 0.469. The van der Waals surface area contributed by atoms with Crippen LogP contribution in [0.25, 0.3) is 5.69 Å². The summed E-state index contributed by atoms with van der Waals surface area (Å²) in [5.74, 6) is 0. The summed E-state index contributed by atoms with van der Waals surface area (Å²) >= 11 is 1.31. The number of thioether (sulfide) groups is 1. The Bertz CT molecular complexity index is 1130. The number of rotatable bonds is 3. The number of ether oxygens (including phenoxy) is 1. The van der Waals surface area contributed by atoms with Gasteiger partial charge in [-0.25, -0.2) is 18.2 Å². The van der Waals surface area contributed by atoms with Crippen molar-refractivity contribution in [1.29, 1.82) is 0 Å². The van der Waals surface area contributed by atoms with E-state index in [-0.39, 0.29) is 17.0 Å². The van der Waals surface area contributed by atoms with Gasteiger partial charge in [-0.3, -0.25) is 9.36 Å². The van der Waals surface area contributed by atoms with Crippen LogP contribution in [0.3, 0.4) is 0 Å². The molecule has 1 aliphatic rings. The third kappa shape index (κ3) is 4.70. The standard InChI is InChI=1S/C20H25N3O5S2/c1-20(2,3)28-19(25)22-11-10-15-16(12-22)21-18(29-4)23(17(15)24)13-6-8-14(9-7-13)30(5,26)27/h6-9H,10-12H2,1-5H3. The fourth-order valence-corrected chi connectivity index (χ4v) is 4.36. The molecule has 1 aliphatic heterocycles. The molecule has 0 N–H and O–H groups in total. The first-order valence-electron chi connectivity index (χ1n) is 9.38. The summed E-state index contributed by atoms with van der Waals surface area (Å²) in [6.07, 6.45) is 2.89. The second-order valence-corrected chi connectivity index (χ2v) is 10.9. The summed E-state index contributed by atoms with van der Waals surface area (Å²) < 4.78 is 30.3. The first-order valence-corrected chi connectivity index (χ1v) is 12.5. The van der Waals surface area contributed by atoms with E-state index in [4.69, 9.17) is 4.74 Å². The Morgan fingerprint density at radius 1 is 1.20 bits per heavy atom. The molecule has 0 saturated carbocycles. The Balaban J connectivity index is 1.99. The Kier molecular flexibility index (Phi) is 6.01. The average Bonchev–Trinajstić information content (AvgIpc) is 2.65. The van der Waals surface area contributed by atoms with Crippen LogP contribution in [0, 0.1) is 0 Å². The largest absolute Gasteiger partial charge is 0.444 e. The second kappa shape index (κ2) is 8.07. The Morgan fingerprint density at radius 2 is 1.83 bits per heavy atom.